The zero-order valence-electron chi connectivity index (χ0n) is 19.6. The molecule has 0 heterocycles. The smallest absolute Gasteiger partial charge is 0.255 e. The van der Waals surface area contributed by atoms with E-state index >= 15 is 0 Å². The highest BCUT2D eigenvalue weighted by Crippen LogP contribution is 2.36. The fourth-order valence-electron chi connectivity index (χ4n) is 3.61. The maximum absolute atomic E-state index is 13.3. The zero-order chi connectivity index (χ0) is 25.5. The zero-order valence-corrected chi connectivity index (χ0v) is 20.4. The lowest BCUT2D eigenvalue weighted by molar-refractivity contribution is -0.115. The van der Waals surface area contributed by atoms with E-state index in [9.17, 15) is 14.4 Å². The molecule has 0 fully saturated rings. The number of hydrogen-bond donors (Lipinski definition) is 3. The van der Waals surface area contributed by atoms with Crippen LogP contribution in [-0.2, 0) is 4.79 Å². The van der Waals surface area contributed by atoms with Crippen molar-refractivity contribution in [1.82, 2.24) is 0 Å². The van der Waals surface area contributed by atoms with Gasteiger partial charge in [-0.25, -0.2) is 0 Å². The molecule has 0 spiro atoms. The Morgan fingerprint density at radius 1 is 0.722 bits per heavy atom. The summed E-state index contributed by atoms with van der Waals surface area (Å²) in [6.07, 6.45) is 0. The molecule has 0 aliphatic carbocycles. The van der Waals surface area contributed by atoms with Gasteiger partial charge in [-0.1, -0.05) is 48.5 Å². The number of hydrogen-bond acceptors (Lipinski definition) is 4. The molecule has 0 aromatic heterocycles. The second kappa shape index (κ2) is 11.4. The van der Waals surface area contributed by atoms with Gasteiger partial charge in [0.05, 0.1) is 0 Å². The van der Waals surface area contributed by atoms with E-state index in [0.717, 1.165) is 16.0 Å². The van der Waals surface area contributed by atoms with Crippen molar-refractivity contribution < 1.29 is 14.4 Å². The predicted octanol–water partition coefficient (Wildman–Crippen LogP) is 5.82. The Labute approximate surface area is 213 Å². The number of benzene rings is 4. The summed E-state index contributed by atoms with van der Waals surface area (Å²) in [4.78, 5) is 38.0. The number of nitrogens with one attached hydrogen (secondary N) is 2. The fourth-order valence-corrected chi connectivity index (χ4v) is 4.63. The minimum atomic E-state index is -0.524. The summed E-state index contributed by atoms with van der Waals surface area (Å²) >= 11 is 1.40. The van der Waals surface area contributed by atoms with E-state index < -0.39 is 11.2 Å². The van der Waals surface area contributed by atoms with Crippen molar-refractivity contribution in [2.75, 3.05) is 10.6 Å². The number of primary amides is 1. The van der Waals surface area contributed by atoms with Crippen LogP contribution in [-0.4, -0.2) is 17.7 Å². The first kappa shape index (κ1) is 24.8. The minimum Gasteiger partial charge on any atom is -0.366 e. The van der Waals surface area contributed by atoms with Crippen LogP contribution in [0, 0.1) is 6.92 Å². The number of aryl methyl sites for hydroxylation is 1. The van der Waals surface area contributed by atoms with Gasteiger partial charge in [0.1, 0.15) is 5.25 Å². The molecule has 0 radical (unpaired) electrons. The molecule has 0 saturated heterocycles. The molecular formula is C29H25N3O3S. The van der Waals surface area contributed by atoms with Crippen LogP contribution in [0.1, 0.15) is 37.1 Å². The highest BCUT2D eigenvalue weighted by Gasteiger charge is 2.22. The first-order valence-electron chi connectivity index (χ1n) is 11.3. The number of carbonyl (C=O) groups is 3. The normalized spacial score (nSPS) is 11.4. The third-order valence-corrected chi connectivity index (χ3v) is 6.80. The SMILES string of the molecule is Cc1ccccc1C(=O)Nc1ccc(SC(C(=O)Nc2ccc(C(N)=O)cc2)c2ccccc2)cc1. The minimum absolute atomic E-state index is 0.169. The maximum Gasteiger partial charge on any atom is 0.255 e. The third kappa shape index (κ3) is 6.20. The average molecular weight is 496 g/mol. The third-order valence-electron chi connectivity index (χ3n) is 5.53. The van der Waals surface area contributed by atoms with E-state index in [1.54, 1.807) is 30.3 Å². The largest absolute Gasteiger partial charge is 0.366 e. The van der Waals surface area contributed by atoms with Gasteiger partial charge in [0.25, 0.3) is 5.91 Å². The summed E-state index contributed by atoms with van der Waals surface area (Å²) in [6, 6.07) is 30.8. The van der Waals surface area contributed by atoms with Crippen molar-refractivity contribution in [1.29, 1.82) is 0 Å². The molecule has 0 saturated carbocycles. The molecule has 4 rings (SSSR count). The maximum atomic E-state index is 13.3. The molecule has 1 unspecified atom stereocenters. The Morgan fingerprint density at radius 3 is 1.94 bits per heavy atom. The Balaban J connectivity index is 1.48. The summed E-state index contributed by atoms with van der Waals surface area (Å²) in [5, 5.41) is 5.32. The van der Waals surface area contributed by atoms with Crippen molar-refractivity contribution in [3.8, 4) is 0 Å². The molecule has 0 aliphatic rings. The van der Waals surface area contributed by atoms with Gasteiger partial charge in [-0.15, -0.1) is 11.8 Å². The first-order valence-corrected chi connectivity index (χ1v) is 12.2. The number of carbonyl (C=O) groups excluding carboxylic acids is 3. The lowest BCUT2D eigenvalue weighted by atomic mass is 10.1. The average Bonchev–Trinajstić information content (AvgIpc) is 2.89. The van der Waals surface area contributed by atoms with Crippen LogP contribution in [0.2, 0.25) is 0 Å². The Kier molecular flexibility index (Phi) is 7.82. The Hall–Kier alpha value is -4.36. The van der Waals surface area contributed by atoms with E-state index in [4.69, 9.17) is 5.73 Å². The summed E-state index contributed by atoms with van der Waals surface area (Å²) in [6.45, 7) is 1.90. The summed E-state index contributed by atoms with van der Waals surface area (Å²) in [5.41, 5.74) is 9.29. The van der Waals surface area contributed by atoms with E-state index in [1.165, 1.54) is 11.8 Å². The fraction of sp³-hybridized carbons (Fsp3) is 0.0690. The van der Waals surface area contributed by atoms with Crippen molar-refractivity contribution >= 4 is 40.9 Å². The molecule has 1 atom stereocenters. The Morgan fingerprint density at radius 2 is 1.31 bits per heavy atom. The van der Waals surface area contributed by atoms with E-state index in [1.807, 2.05) is 79.7 Å². The molecule has 4 aromatic carbocycles. The van der Waals surface area contributed by atoms with Crippen molar-refractivity contribution in [2.45, 2.75) is 17.1 Å². The van der Waals surface area contributed by atoms with Gasteiger partial charge in [0.15, 0.2) is 0 Å². The molecule has 36 heavy (non-hydrogen) atoms. The second-order valence-corrected chi connectivity index (χ2v) is 9.31. The number of rotatable bonds is 8. The second-order valence-electron chi connectivity index (χ2n) is 8.13. The van der Waals surface area contributed by atoms with Crippen molar-refractivity contribution in [3.63, 3.8) is 0 Å². The van der Waals surface area contributed by atoms with Gasteiger partial charge < -0.3 is 16.4 Å². The van der Waals surface area contributed by atoms with Crippen LogP contribution in [0.15, 0.2) is 108 Å². The van der Waals surface area contributed by atoms with E-state index in [2.05, 4.69) is 10.6 Å². The first-order chi connectivity index (χ1) is 17.4. The molecule has 4 aromatic rings. The van der Waals surface area contributed by atoms with Crippen LogP contribution >= 0.6 is 11.8 Å². The monoisotopic (exact) mass is 495 g/mol. The molecular weight excluding hydrogens is 470 g/mol. The van der Waals surface area contributed by atoms with Crippen molar-refractivity contribution in [2.24, 2.45) is 5.73 Å². The topological polar surface area (TPSA) is 101 Å². The summed E-state index contributed by atoms with van der Waals surface area (Å²) in [5.74, 6) is -0.892. The van der Waals surface area contributed by atoms with Crippen LogP contribution in [0.3, 0.4) is 0 Å². The number of thioether (sulfide) groups is 1. The predicted molar refractivity (Wildman–Crippen MR) is 144 cm³/mol. The van der Waals surface area contributed by atoms with Gasteiger partial charge in [-0.05, 0) is 72.6 Å². The molecule has 6 nitrogen and oxygen atoms in total. The van der Waals surface area contributed by atoms with Crippen LogP contribution in [0.25, 0.3) is 0 Å². The molecule has 0 aliphatic heterocycles. The summed E-state index contributed by atoms with van der Waals surface area (Å²) in [7, 11) is 0. The number of amides is 3. The lowest BCUT2D eigenvalue weighted by Gasteiger charge is -2.17. The van der Waals surface area contributed by atoms with Gasteiger partial charge >= 0.3 is 0 Å². The Bertz CT molecular complexity index is 1370. The van der Waals surface area contributed by atoms with Crippen LogP contribution < -0.4 is 16.4 Å². The quantitative estimate of drug-likeness (QED) is 0.268. The molecule has 180 valence electrons. The van der Waals surface area contributed by atoms with Gasteiger partial charge in [-0.2, -0.15) is 0 Å². The molecule has 3 amide bonds. The standard InChI is InChI=1S/C29H25N3O3S/c1-19-7-5-6-10-25(19)28(34)31-23-15-17-24(18-16-23)36-26(20-8-3-2-4-9-20)29(35)32-22-13-11-21(12-14-22)27(30)33/h2-18,26H,1H3,(H2,30,33)(H,31,34)(H,32,35). The summed E-state index contributed by atoms with van der Waals surface area (Å²) < 4.78 is 0. The number of anilines is 2. The molecule has 0 bridgehead atoms. The van der Waals surface area contributed by atoms with E-state index in [-0.39, 0.29) is 11.8 Å². The highest BCUT2D eigenvalue weighted by molar-refractivity contribution is 8.00. The lowest BCUT2D eigenvalue weighted by Crippen LogP contribution is -2.19. The number of nitrogens with two attached hydrogens (primary N) is 1. The van der Waals surface area contributed by atoms with Gasteiger partial charge in [0.2, 0.25) is 11.8 Å². The van der Waals surface area contributed by atoms with Gasteiger partial charge in [-0.3, -0.25) is 14.4 Å². The molecule has 7 heteroatoms. The van der Waals surface area contributed by atoms with Crippen molar-refractivity contribution in [3.05, 3.63) is 125 Å². The van der Waals surface area contributed by atoms with Crippen LogP contribution in [0.5, 0.6) is 0 Å². The van der Waals surface area contributed by atoms with Crippen LogP contribution in [0.4, 0.5) is 11.4 Å². The molecule has 4 N–H and O–H groups in total. The van der Waals surface area contributed by atoms with Gasteiger partial charge in [0, 0.05) is 27.4 Å². The van der Waals surface area contributed by atoms with E-state index in [0.29, 0.717) is 22.5 Å². The highest BCUT2D eigenvalue weighted by atomic mass is 32.2.